The maximum absolute atomic E-state index is 5.96. The summed E-state index contributed by atoms with van der Waals surface area (Å²) in [4.78, 5) is 0. The molecule has 0 saturated carbocycles. The van der Waals surface area contributed by atoms with E-state index < -0.39 is 0 Å². The van der Waals surface area contributed by atoms with Gasteiger partial charge in [-0.1, -0.05) is 44.5 Å². The highest BCUT2D eigenvalue weighted by atomic mass is 16.5. The number of rotatable bonds is 5. The van der Waals surface area contributed by atoms with Gasteiger partial charge in [-0.15, -0.1) is 0 Å². The number of ether oxygens (including phenoxy) is 1. The lowest BCUT2D eigenvalue weighted by molar-refractivity contribution is 0.00964. The molecular weight excluding hydrogens is 224 g/mol. The van der Waals surface area contributed by atoms with Crippen LogP contribution >= 0.6 is 0 Å². The van der Waals surface area contributed by atoms with Crippen LogP contribution in [-0.4, -0.2) is 12.6 Å². The van der Waals surface area contributed by atoms with Gasteiger partial charge in [0.2, 0.25) is 0 Å². The molecule has 0 spiro atoms. The lowest BCUT2D eigenvalue weighted by Gasteiger charge is -2.33. The summed E-state index contributed by atoms with van der Waals surface area (Å²) in [6, 6.07) is 8.74. The van der Waals surface area contributed by atoms with Crippen LogP contribution in [0.4, 0.5) is 0 Å². The number of benzene rings is 1. The first kappa shape index (κ1) is 13.5. The van der Waals surface area contributed by atoms with Gasteiger partial charge in [0.05, 0.1) is 18.8 Å². The maximum Gasteiger partial charge on any atom is 0.0994 e. The van der Waals surface area contributed by atoms with Gasteiger partial charge in [0, 0.05) is 0 Å². The summed E-state index contributed by atoms with van der Waals surface area (Å²) in [5.74, 6) is 6.39. The van der Waals surface area contributed by atoms with E-state index in [4.69, 9.17) is 10.6 Å². The van der Waals surface area contributed by atoms with Gasteiger partial charge in [-0.25, -0.2) is 0 Å². The van der Waals surface area contributed by atoms with Crippen LogP contribution < -0.4 is 11.3 Å². The predicted octanol–water partition coefficient (Wildman–Crippen LogP) is 2.57. The molecule has 0 saturated heterocycles. The van der Waals surface area contributed by atoms with Gasteiger partial charge in [-0.05, 0) is 29.9 Å². The number of hydrogen-bond acceptors (Lipinski definition) is 3. The van der Waals surface area contributed by atoms with Gasteiger partial charge in [0.25, 0.3) is 0 Å². The van der Waals surface area contributed by atoms with Crippen molar-refractivity contribution in [2.75, 3.05) is 6.61 Å². The molecule has 1 aliphatic heterocycles. The summed E-state index contributed by atoms with van der Waals surface area (Å²) in [6.45, 7) is 5.27. The third-order valence-electron chi connectivity index (χ3n) is 3.96. The molecule has 0 radical (unpaired) electrons. The Morgan fingerprint density at radius 2 is 2.22 bits per heavy atom. The minimum absolute atomic E-state index is 0.0916. The average molecular weight is 248 g/mol. The zero-order valence-electron chi connectivity index (χ0n) is 11.4. The largest absolute Gasteiger partial charge is 0.371 e. The predicted molar refractivity (Wildman–Crippen MR) is 74.0 cm³/mol. The molecule has 3 unspecified atom stereocenters. The SMILES string of the molecule is CCC(C)CC(NN)C1OCCc2ccccc21. The average Bonchev–Trinajstić information content (AvgIpc) is 2.44. The topological polar surface area (TPSA) is 47.3 Å². The van der Waals surface area contributed by atoms with Crippen LogP contribution in [0.5, 0.6) is 0 Å². The Hall–Kier alpha value is -0.900. The second-order valence-corrected chi connectivity index (χ2v) is 5.26. The van der Waals surface area contributed by atoms with Crippen molar-refractivity contribution in [3.05, 3.63) is 35.4 Å². The fourth-order valence-corrected chi connectivity index (χ4v) is 2.64. The Labute approximate surface area is 110 Å². The molecule has 1 aromatic carbocycles. The lowest BCUT2D eigenvalue weighted by atomic mass is 9.88. The van der Waals surface area contributed by atoms with Gasteiger partial charge in [-0.3, -0.25) is 11.3 Å². The molecule has 1 aromatic rings. The van der Waals surface area contributed by atoms with E-state index in [-0.39, 0.29) is 12.1 Å². The standard InChI is InChI=1S/C15H24N2O/c1-3-11(2)10-14(17-16)15-13-7-5-4-6-12(13)8-9-18-15/h4-7,11,14-15,17H,3,8-10,16H2,1-2H3. The van der Waals surface area contributed by atoms with Crippen LogP contribution in [-0.2, 0) is 11.2 Å². The maximum atomic E-state index is 5.96. The first-order valence-corrected chi connectivity index (χ1v) is 6.91. The molecule has 0 aliphatic carbocycles. The van der Waals surface area contributed by atoms with Crippen LogP contribution in [0, 0.1) is 5.92 Å². The van der Waals surface area contributed by atoms with Crippen molar-refractivity contribution < 1.29 is 4.74 Å². The molecule has 3 heteroatoms. The van der Waals surface area contributed by atoms with Crippen molar-refractivity contribution in [2.45, 2.75) is 45.3 Å². The minimum atomic E-state index is 0.0916. The first-order valence-electron chi connectivity index (χ1n) is 6.91. The molecular formula is C15H24N2O. The third-order valence-corrected chi connectivity index (χ3v) is 3.96. The van der Waals surface area contributed by atoms with E-state index in [1.807, 2.05) is 0 Å². The molecule has 1 heterocycles. The molecule has 3 nitrogen and oxygen atoms in total. The molecule has 100 valence electrons. The van der Waals surface area contributed by atoms with Crippen molar-refractivity contribution in [1.29, 1.82) is 0 Å². The van der Waals surface area contributed by atoms with Crippen LogP contribution in [0.15, 0.2) is 24.3 Å². The Morgan fingerprint density at radius 1 is 1.44 bits per heavy atom. The zero-order valence-corrected chi connectivity index (χ0v) is 11.4. The van der Waals surface area contributed by atoms with E-state index in [2.05, 4.69) is 43.5 Å². The monoisotopic (exact) mass is 248 g/mol. The van der Waals surface area contributed by atoms with Gasteiger partial charge >= 0.3 is 0 Å². The van der Waals surface area contributed by atoms with Crippen molar-refractivity contribution in [3.8, 4) is 0 Å². The second-order valence-electron chi connectivity index (χ2n) is 5.26. The summed E-state index contributed by atoms with van der Waals surface area (Å²) in [6.07, 6.45) is 3.32. The van der Waals surface area contributed by atoms with Crippen molar-refractivity contribution in [1.82, 2.24) is 5.43 Å². The number of hydrogen-bond donors (Lipinski definition) is 2. The molecule has 0 bridgehead atoms. The fourth-order valence-electron chi connectivity index (χ4n) is 2.64. The number of fused-ring (bicyclic) bond motifs is 1. The molecule has 18 heavy (non-hydrogen) atoms. The number of nitrogens with two attached hydrogens (primary N) is 1. The molecule has 0 fully saturated rings. The highest BCUT2D eigenvalue weighted by molar-refractivity contribution is 5.31. The highest BCUT2D eigenvalue weighted by Crippen LogP contribution is 2.32. The third kappa shape index (κ3) is 2.91. The molecule has 1 aliphatic rings. The summed E-state index contributed by atoms with van der Waals surface area (Å²) in [5.41, 5.74) is 5.65. The van der Waals surface area contributed by atoms with Crippen LogP contribution in [0.1, 0.15) is 43.9 Å². The summed E-state index contributed by atoms with van der Waals surface area (Å²) in [5, 5.41) is 0. The van der Waals surface area contributed by atoms with E-state index >= 15 is 0 Å². The van der Waals surface area contributed by atoms with E-state index in [0.717, 1.165) is 19.4 Å². The highest BCUT2D eigenvalue weighted by Gasteiger charge is 2.28. The van der Waals surface area contributed by atoms with Crippen molar-refractivity contribution in [2.24, 2.45) is 11.8 Å². The zero-order chi connectivity index (χ0) is 13.0. The Bertz CT molecular complexity index is 381. The Morgan fingerprint density at radius 3 is 2.94 bits per heavy atom. The molecule has 3 atom stereocenters. The van der Waals surface area contributed by atoms with E-state index in [1.54, 1.807) is 0 Å². The quantitative estimate of drug-likeness (QED) is 0.622. The van der Waals surface area contributed by atoms with Crippen LogP contribution in [0.2, 0.25) is 0 Å². The van der Waals surface area contributed by atoms with Crippen molar-refractivity contribution in [3.63, 3.8) is 0 Å². The summed E-state index contributed by atoms with van der Waals surface area (Å²) in [7, 11) is 0. The van der Waals surface area contributed by atoms with E-state index in [1.165, 1.54) is 17.5 Å². The van der Waals surface area contributed by atoms with Crippen LogP contribution in [0.25, 0.3) is 0 Å². The lowest BCUT2D eigenvalue weighted by Crippen LogP contribution is -2.43. The van der Waals surface area contributed by atoms with E-state index in [0.29, 0.717) is 5.92 Å². The minimum Gasteiger partial charge on any atom is -0.371 e. The summed E-state index contributed by atoms with van der Waals surface area (Å²) < 4.78 is 5.96. The second kappa shape index (κ2) is 6.32. The van der Waals surface area contributed by atoms with Gasteiger partial charge in [0.1, 0.15) is 0 Å². The Balaban J connectivity index is 2.17. The van der Waals surface area contributed by atoms with E-state index in [9.17, 15) is 0 Å². The molecule has 3 N–H and O–H groups in total. The van der Waals surface area contributed by atoms with Gasteiger partial charge < -0.3 is 4.74 Å². The first-order chi connectivity index (χ1) is 8.76. The normalized spacial score (nSPS) is 22.3. The van der Waals surface area contributed by atoms with Crippen LogP contribution in [0.3, 0.4) is 0 Å². The van der Waals surface area contributed by atoms with Gasteiger partial charge in [0.15, 0.2) is 0 Å². The Kier molecular flexibility index (Phi) is 4.75. The van der Waals surface area contributed by atoms with Crippen molar-refractivity contribution >= 4 is 0 Å². The fraction of sp³-hybridized carbons (Fsp3) is 0.600. The number of hydrazine groups is 1. The summed E-state index contributed by atoms with van der Waals surface area (Å²) >= 11 is 0. The smallest absolute Gasteiger partial charge is 0.0994 e. The number of nitrogens with one attached hydrogen (secondary N) is 1. The molecule has 0 amide bonds. The molecule has 0 aromatic heterocycles. The van der Waals surface area contributed by atoms with Gasteiger partial charge in [-0.2, -0.15) is 0 Å². The molecule has 2 rings (SSSR count).